The van der Waals surface area contributed by atoms with Crippen molar-refractivity contribution in [2.45, 2.75) is 93.2 Å². The Hall–Kier alpha value is -2.97. The molecule has 3 heteroatoms. The van der Waals surface area contributed by atoms with Crippen LogP contribution in [-0.2, 0) is 32.1 Å². The quantitative estimate of drug-likeness (QED) is 0.187. The van der Waals surface area contributed by atoms with E-state index in [1.54, 1.807) is 50.5 Å². The molecule has 268 valence electrons. The summed E-state index contributed by atoms with van der Waals surface area (Å²) in [6, 6.07) is 32.9. The Labute approximate surface area is 319 Å². The van der Waals surface area contributed by atoms with Gasteiger partial charge in [-0.3, -0.25) is 0 Å². The van der Waals surface area contributed by atoms with E-state index in [4.69, 9.17) is 0 Å². The molecule has 0 saturated heterocycles. The Balaban J connectivity index is 0.000000909. The van der Waals surface area contributed by atoms with Crippen LogP contribution in [0, 0.1) is 0 Å². The third-order valence-corrected chi connectivity index (χ3v) is 18.5. The summed E-state index contributed by atoms with van der Waals surface area (Å²) in [5.41, 5.74) is 17.9. The summed E-state index contributed by atoms with van der Waals surface area (Å²) in [7, 11) is 7.00. The molecular weight excluding hydrogens is 696 g/mol. The molecule has 2 atom stereocenters. The van der Waals surface area contributed by atoms with Crippen molar-refractivity contribution in [2.24, 2.45) is 0 Å². The first kappa shape index (κ1) is 40.8. The predicted octanol–water partition coefficient (Wildman–Crippen LogP) is 13.7. The van der Waals surface area contributed by atoms with Gasteiger partial charge >= 0.3 is 282 Å². The van der Waals surface area contributed by atoms with Crippen molar-refractivity contribution in [3.05, 3.63) is 140 Å². The van der Waals surface area contributed by atoms with Crippen LogP contribution in [0.3, 0.4) is 0 Å². The van der Waals surface area contributed by atoms with Crippen LogP contribution in [0.25, 0.3) is 45.0 Å². The fourth-order valence-electron chi connectivity index (χ4n) is 7.63. The molecule has 2 nitrogen and oxygen atoms in total. The summed E-state index contributed by atoms with van der Waals surface area (Å²) in [6.45, 7) is 20.9. The molecular formula is C48H62N2Zr. The molecule has 0 amide bonds. The second-order valence-electron chi connectivity index (χ2n) is 16.0. The van der Waals surface area contributed by atoms with E-state index in [-0.39, 0.29) is 10.8 Å². The van der Waals surface area contributed by atoms with E-state index in [2.05, 4.69) is 174 Å². The summed E-state index contributed by atoms with van der Waals surface area (Å²) >= 11 is -2.28. The molecule has 6 rings (SSSR count). The zero-order valence-corrected chi connectivity index (χ0v) is 36.2. The number of nitrogens with zero attached hydrogens (tertiary/aromatic N) is 2. The maximum absolute atomic E-state index is 3.50. The Morgan fingerprint density at radius 2 is 0.882 bits per heavy atom. The van der Waals surface area contributed by atoms with E-state index in [0.29, 0.717) is 7.25 Å². The van der Waals surface area contributed by atoms with E-state index in [1.807, 2.05) is 0 Å². The first-order valence-electron chi connectivity index (χ1n) is 18.8. The van der Waals surface area contributed by atoms with Crippen molar-refractivity contribution in [2.75, 3.05) is 28.2 Å². The van der Waals surface area contributed by atoms with Gasteiger partial charge in [0.15, 0.2) is 0 Å². The fraction of sp³-hybridized carbons (Fsp3) is 0.396. The molecule has 2 aliphatic carbocycles. The second-order valence-corrected chi connectivity index (χ2v) is 22.7. The van der Waals surface area contributed by atoms with Crippen LogP contribution in [0.1, 0.15) is 116 Å². The van der Waals surface area contributed by atoms with Gasteiger partial charge in [0.25, 0.3) is 0 Å². The molecule has 0 saturated carbocycles. The van der Waals surface area contributed by atoms with E-state index >= 15 is 0 Å². The van der Waals surface area contributed by atoms with Gasteiger partial charge in [-0.2, -0.15) is 28.2 Å². The smallest absolute Gasteiger partial charge is 0.162 e. The van der Waals surface area contributed by atoms with Gasteiger partial charge in [0.05, 0.1) is 0 Å². The molecule has 2 aliphatic rings. The van der Waals surface area contributed by atoms with Crippen molar-refractivity contribution in [3.63, 3.8) is 0 Å². The van der Waals surface area contributed by atoms with Crippen LogP contribution in [-0.4, -0.2) is 31.9 Å². The number of rotatable bonds is 6. The Morgan fingerprint density at radius 3 is 1.16 bits per heavy atom. The third kappa shape index (κ3) is 8.98. The number of hydrogen-bond acceptors (Lipinski definition) is 0. The molecule has 4 aromatic carbocycles. The van der Waals surface area contributed by atoms with Crippen molar-refractivity contribution in [1.29, 1.82) is 0 Å². The molecule has 0 N–H and O–H groups in total. The summed E-state index contributed by atoms with van der Waals surface area (Å²) in [4.78, 5) is 0. The largest absolute Gasteiger partial charge is 0.668 e. The van der Waals surface area contributed by atoms with Crippen molar-refractivity contribution in [3.8, 4) is 22.3 Å². The molecule has 0 radical (unpaired) electrons. The average Bonchev–Trinajstić information content (AvgIpc) is 3.67. The van der Waals surface area contributed by atoms with Crippen molar-refractivity contribution < 1.29 is 21.3 Å². The zero-order chi connectivity index (χ0) is 37.5. The third-order valence-electron chi connectivity index (χ3n) is 10.2. The summed E-state index contributed by atoms with van der Waals surface area (Å²) in [6.07, 6.45) is 7.39. The molecule has 4 aromatic rings. The molecule has 51 heavy (non-hydrogen) atoms. The Bertz CT molecular complexity index is 1720. The molecule has 0 aromatic heterocycles. The van der Waals surface area contributed by atoms with Gasteiger partial charge in [-0.1, -0.05) is 0 Å². The van der Waals surface area contributed by atoms with E-state index in [1.165, 1.54) is 44.5 Å². The summed E-state index contributed by atoms with van der Waals surface area (Å²) < 4.78 is 3.86. The molecule has 0 heterocycles. The van der Waals surface area contributed by atoms with Gasteiger partial charge in [0.1, 0.15) is 0 Å². The molecule has 0 bridgehead atoms. The summed E-state index contributed by atoms with van der Waals surface area (Å²) in [5.74, 6) is 0. The van der Waals surface area contributed by atoms with Gasteiger partial charge in [-0.25, -0.2) is 0 Å². The first-order valence-corrected chi connectivity index (χ1v) is 23.1. The minimum Gasteiger partial charge on any atom is -0.668 e. The molecule has 0 aliphatic heterocycles. The normalized spacial score (nSPS) is 15.9. The van der Waals surface area contributed by atoms with E-state index < -0.39 is 21.3 Å². The average molecular weight is 758 g/mol. The summed E-state index contributed by atoms with van der Waals surface area (Å²) in [5, 5.41) is 7.00. The van der Waals surface area contributed by atoms with Gasteiger partial charge in [-0.15, -0.1) is 0 Å². The van der Waals surface area contributed by atoms with Gasteiger partial charge in [0, 0.05) is 0 Å². The second kappa shape index (κ2) is 17.7. The SMILES string of the molecule is C[CH]=[Zr+2]([CH]1C(CC)=Cc2c(-c3ccc(C(C)(C)C)cc3)cccc21)[CH]1C(CC)=Cc2c(-c3ccc(C(C)(C)C)cc3)cccc21.C[N-]C.C[N-]C. The van der Waals surface area contributed by atoms with Crippen LogP contribution in [0.4, 0.5) is 0 Å². The van der Waals surface area contributed by atoms with Crippen LogP contribution < -0.4 is 0 Å². The zero-order valence-electron chi connectivity index (χ0n) is 33.8. The minimum atomic E-state index is -2.28. The monoisotopic (exact) mass is 756 g/mol. The van der Waals surface area contributed by atoms with E-state index in [9.17, 15) is 0 Å². The number of allylic oxidation sites excluding steroid dienone is 2. The van der Waals surface area contributed by atoms with Gasteiger partial charge in [-0.05, 0) is 0 Å². The number of hydrogen-bond donors (Lipinski definition) is 0. The minimum absolute atomic E-state index is 0.160. The fourth-order valence-corrected chi connectivity index (χ4v) is 16.6. The Morgan fingerprint density at radius 1 is 0.549 bits per heavy atom. The molecule has 0 spiro atoms. The maximum Gasteiger partial charge on any atom is -0.162 e. The van der Waals surface area contributed by atoms with Crippen molar-refractivity contribution in [1.82, 2.24) is 0 Å². The first-order chi connectivity index (χ1) is 24.3. The van der Waals surface area contributed by atoms with Gasteiger partial charge in [0.2, 0.25) is 0 Å². The van der Waals surface area contributed by atoms with Gasteiger partial charge < -0.3 is 10.6 Å². The van der Waals surface area contributed by atoms with E-state index in [0.717, 1.165) is 12.8 Å². The van der Waals surface area contributed by atoms with Crippen molar-refractivity contribution >= 4 is 15.9 Å². The van der Waals surface area contributed by atoms with Crippen LogP contribution in [0.5, 0.6) is 0 Å². The van der Waals surface area contributed by atoms with Crippen LogP contribution in [0.2, 0.25) is 0 Å². The topological polar surface area (TPSA) is 28.2 Å². The maximum atomic E-state index is 3.50. The number of benzene rings is 4. The number of fused-ring (bicyclic) bond motifs is 2. The standard InChI is InChI=1S/2C21H23.2C2H6N.C2H4.Zr/c2*1-5-15-13-17-7-6-8-19(20(17)14-15)16-9-11-18(12-10-16)21(2,3)4;2*1-3-2;1-2;/h2*6-14H,5H2,1-4H3;2*1-2H3;1H,2H3;/q;;2*-1;;+2. The Kier molecular flexibility index (Phi) is 14.2. The molecule has 2 unspecified atom stereocenters. The van der Waals surface area contributed by atoms with Crippen LogP contribution in [0.15, 0.2) is 96.1 Å². The predicted molar refractivity (Wildman–Crippen MR) is 225 cm³/mol. The van der Waals surface area contributed by atoms with Crippen LogP contribution >= 0.6 is 0 Å². The molecule has 0 fully saturated rings.